The maximum atomic E-state index is 10.0. The number of nitrogens with zero attached hydrogens (tertiary/aromatic N) is 6. The summed E-state index contributed by atoms with van der Waals surface area (Å²) in [6.45, 7) is 9.36. The van der Waals surface area contributed by atoms with Crippen molar-refractivity contribution in [3.8, 4) is 0 Å². The molecule has 0 amide bonds. The number of fused-ring (bicyclic) bond motifs is 1. The average Bonchev–Trinajstić information content (AvgIpc) is 3.42. The molecule has 31 heavy (non-hydrogen) atoms. The summed E-state index contributed by atoms with van der Waals surface area (Å²) < 4.78 is 2.16. The van der Waals surface area contributed by atoms with Crippen LogP contribution < -0.4 is 4.90 Å². The number of anilines is 1. The van der Waals surface area contributed by atoms with Gasteiger partial charge in [0.05, 0.1) is 18.0 Å². The van der Waals surface area contributed by atoms with Gasteiger partial charge >= 0.3 is 0 Å². The molecule has 0 unspecified atom stereocenters. The third-order valence-electron chi connectivity index (χ3n) is 6.16. The van der Waals surface area contributed by atoms with Gasteiger partial charge in [-0.2, -0.15) is 0 Å². The van der Waals surface area contributed by atoms with Crippen molar-refractivity contribution in [2.75, 3.05) is 51.2 Å². The van der Waals surface area contributed by atoms with Crippen LogP contribution in [0.25, 0.3) is 5.65 Å². The van der Waals surface area contributed by atoms with E-state index >= 15 is 0 Å². The smallest absolute Gasteiger partial charge is 0.138 e. The zero-order valence-corrected chi connectivity index (χ0v) is 18.7. The second-order valence-corrected chi connectivity index (χ2v) is 8.54. The first-order valence-corrected chi connectivity index (χ1v) is 11.3. The molecule has 0 radical (unpaired) electrons. The summed E-state index contributed by atoms with van der Waals surface area (Å²) in [5.74, 6) is 1.16. The highest BCUT2D eigenvalue weighted by Crippen LogP contribution is 2.24. The lowest BCUT2D eigenvalue weighted by atomic mass is 10.3. The lowest BCUT2D eigenvalue weighted by molar-refractivity contribution is 0.268. The second kappa shape index (κ2) is 10.2. The Morgan fingerprint density at radius 3 is 2.35 bits per heavy atom. The van der Waals surface area contributed by atoms with Gasteiger partial charge in [-0.1, -0.05) is 12.1 Å². The van der Waals surface area contributed by atoms with Crippen molar-refractivity contribution < 1.29 is 5.11 Å². The van der Waals surface area contributed by atoms with Gasteiger partial charge in [0.1, 0.15) is 11.5 Å². The first-order valence-electron chi connectivity index (χ1n) is 11.3. The normalized spacial score (nSPS) is 17.7. The average molecular weight is 423 g/mol. The number of hydrogen-bond donors (Lipinski definition) is 1. The third kappa shape index (κ3) is 5.23. The van der Waals surface area contributed by atoms with Gasteiger partial charge in [-0.25, -0.2) is 4.98 Å². The number of likely N-dealkylation sites (tertiary alicyclic amines) is 1. The Morgan fingerprint density at radius 2 is 1.74 bits per heavy atom. The van der Waals surface area contributed by atoms with E-state index in [2.05, 4.69) is 43.3 Å². The SMILES string of the molecule is CN1CCN(c2cccc3nc(CN4CCCC4)c(CO)n23)CC1.Cc1cccnc1. The minimum Gasteiger partial charge on any atom is -0.390 e. The number of piperazine rings is 1. The van der Waals surface area contributed by atoms with Gasteiger partial charge < -0.3 is 14.9 Å². The fraction of sp³-hybridized carbons (Fsp3) is 0.500. The van der Waals surface area contributed by atoms with E-state index in [1.807, 2.05) is 31.3 Å². The molecule has 0 bridgehead atoms. The summed E-state index contributed by atoms with van der Waals surface area (Å²) in [4.78, 5) is 15.9. The summed E-state index contributed by atoms with van der Waals surface area (Å²) in [6, 6.07) is 10.2. The van der Waals surface area contributed by atoms with E-state index in [1.165, 1.54) is 18.4 Å². The summed E-state index contributed by atoms with van der Waals surface area (Å²) in [5, 5.41) is 10.0. The Labute approximate surface area is 184 Å². The summed E-state index contributed by atoms with van der Waals surface area (Å²) in [5.41, 5.74) is 4.14. The Balaban J connectivity index is 0.000000282. The first-order chi connectivity index (χ1) is 15.2. The molecule has 7 heteroatoms. The minimum atomic E-state index is 0.0368. The van der Waals surface area contributed by atoms with E-state index in [4.69, 9.17) is 4.98 Å². The number of aryl methyl sites for hydroxylation is 1. The minimum absolute atomic E-state index is 0.0368. The highest BCUT2D eigenvalue weighted by molar-refractivity contribution is 5.55. The van der Waals surface area contributed by atoms with Crippen LogP contribution in [0.4, 0.5) is 5.82 Å². The molecule has 2 saturated heterocycles. The van der Waals surface area contributed by atoms with Crippen molar-refractivity contribution in [3.05, 3.63) is 59.7 Å². The van der Waals surface area contributed by atoms with Crippen LogP contribution in [-0.4, -0.2) is 75.6 Å². The molecule has 3 aromatic rings. The Morgan fingerprint density at radius 1 is 0.968 bits per heavy atom. The highest BCUT2D eigenvalue weighted by atomic mass is 16.3. The van der Waals surface area contributed by atoms with Gasteiger partial charge in [0.25, 0.3) is 0 Å². The lowest BCUT2D eigenvalue weighted by Gasteiger charge is -2.34. The van der Waals surface area contributed by atoms with Crippen LogP contribution in [0.5, 0.6) is 0 Å². The van der Waals surface area contributed by atoms with Crippen molar-refractivity contribution in [3.63, 3.8) is 0 Å². The Bertz CT molecular complexity index is 959. The van der Waals surface area contributed by atoms with E-state index in [1.54, 1.807) is 6.20 Å². The van der Waals surface area contributed by atoms with Crippen LogP contribution in [0.3, 0.4) is 0 Å². The van der Waals surface area contributed by atoms with Crippen molar-refractivity contribution >= 4 is 11.5 Å². The molecular weight excluding hydrogens is 388 g/mol. The van der Waals surface area contributed by atoms with Crippen molar-refractivity contribution in [2.24, 2.45) is 0 Å². The standard InChI is InChI=1S/C18H27N5O.C6H7N/c1-20-9-11-22(12-10-20)18-6-4-5-17-19-15(16(14-24)23(17)18)13-21-7-2-3-8-21;1-6-3-2-4-7-5-6/h4-6,24H,2-3,7-14H2,1H3;2-5H,1H3. The largest absolute Gasteiger partial charge is 0.390 e. The Hall–Kier alpha value is -2.48. The molecule has 1 N–H and O–H groups in total. The van der Waals surface area contributed by atoms with Gasteiger partial charge in [-0.15, -0.1) is 0 Å². The molecule has 2 aliphatic heterocycles. The summed E-state index contributed by atoms with van der Waals surface area (Å²) in [7, 11) is 2.17. The second-order valence-electron chi connectivity index (χ2n) is 8.54. The van der Waals surface area contributed by atoms with Crippen LogP contribution in [0.2, 0.25) is 0 Å². The maximum Gasteiger partial charge on any atom is 0.138 e. The van der Waals surface area contributed by atoms with E-state index in [-0.39, 0.29) is 6.61 Å². The molecule has 2 fully saturated rings. The van der Waals surface area contributed by atoms with Gasteiger partial charge in [0, 0.05) is 45.1 Å². The topological polar surface area (TPSA) is 60.1 Å². The van der Waals surface area contributed by atoms with Crippen molar-refractivity contribution in [1.29, 1.82) is 0 Å². The third-order valence-corrected chi connectivity index (χ3v) is 6.16. The molecule has 0 spiro atoms. The fourth-order valence-corrected chi connectivity index (χ4v) is 4.35. The van der Waals surface area contributed by atoms with E-state index < -0.39 is 0 Å². The van der Waals surface area contributed by atoms with Crippen LogP contribution in [0.15, 0.2) is 42.7 Å². The quantitative estimate of drug-likeness (QED) is 0.697. The molecule has 166 valence electrons. The van der Waals surface area contributed by atoms with Crippen LogP contribution in [0, 0.1) is 6.92 Å². The lowest BCUT2D eigenvalue weighted by Crippen LogP contribution is -2.45. The monoisotopic (exact) mass is 422 g/mol. The van der Waals surface area contributed by atoms with Crippen LogP contribution >= 0.6 is 0 Å². The number of aromatic nitrogens is 3. The number of rotatable bonds is 4. The number of aliphatic hydroxyl groups excluding tert-OH is 1. The highest BCUT2D eigenvalue weighted by Gasteiger charge is 2.22. The molecule has 0 aliphatic carbocycles. The zero-order chi connectivity index (χ0) is 21.6. The molecule has 7 nitrogen and oxygen atoms in total. The molecular formula is C24H34N6O. The van der Waals surface area contributed by atoms with Gasteiger partial charge in [-0.3, -0.25) is 14.3 Å². The van der Waals surface area contributed by atoms with E-state index in [9.17, 15) is 5.11 Å². The molecule has 5 heterocycles. The van der Waals surface area contributed by atoms with Crippen molar-refractivity contribution in [1.82, 2.24) is 24.2 Å². The summed E-state index contributed by atoms with van der Waals surface area (Å²) in [6.07, 6.45) is 6.15. The molecule has 5 rings (SSSR count). The molecule has 2 aliphatic rings. The number of imidazole rings is 1. The number of pyridine rings is 2. The maximum absolute atomic E-state index is 10.0. The number of hydrogen-bond acceptors (Lipinski definition) is 6. The van der Waals surface area contributed by atoms with Gasteiger partial charge in [0.2, 0.25) is 0 Å². The van der Waals surface area contributed by atoms with E-state index in [0.29, 0.717) is 0 Å². The first kappa shape index (κ1) is 21.7. The molecule has 3 aromatic heterocycles. The van der Waals surface area contributed by atoms with Crippen LogP contribution in [-0.2, 0) is 13.2 Å². The number of aliphatic hydroxyl groups is 1. The molecule has 0 aromatic carbocycles. The van der Waals surface area contributed by atoms with Crippen LogP contribution in [0.1, 0.15) is 29.8 Å². The van der Waals surface area contributed by atoms with E-state index in [0.717, 1.165) is 68.7 Å². The fourth-order valence-electron chi connectivity index (χ4n) is 4.35. The van der Waals surface area contributed by atoms with Gasteiger partial charge in [0.15, 0.2) is 0 Å². The zero-order valence-electron chi connectivity index (χ0n) is 18.7. The summed E-state index contributed by atoms with van der Waals surface area (Å²) >= 11 is 0. The van der Waals surface area contributed by atoms with Gasteiger partial charge in [-0.05, 0) is 63.7 Å². The predicted octanol–water partition coefficient (Wildman–Crippen LogP) is 2.56. The number of likely N-dealkylation sites (N-methyl/N-ethyl adjacent to an activating group) is 1. The Kier molecular flexibility index (Phi) is 7.17. The molecule has 0 saturated carbocycles. The molecule has 0 atom stereocenters. The predicted molar refractivity (Wildman–Crippen MR) is 124 cm³/mol. The van der Waals surface area contributed by atoms with Crippen molar-refractivity contribution in [2.45, 2.75) is 32.9 Å².